The van der Waals surface area contributed by atoms with Crippen LogP contribution in [0.2, 0.25) is 0 Å². The van der Waals surface area contributed by atoms with E-state index in [1.807, 2.05) is 27.7 Å². The Hall–Kier alpha value is -0.600. The van der Waals surface area contributed by atoms with Crippen LogP contribution in [-0.2, 0) is 9.84 Å². The predicted molar refractivity (Wildman–Crippen MR) is 65.9 cm³/mol. The molecule has 3 unspecified atom stereocenters. The maximum atomic E-state index is 11.5. The highest BCUT2D eigenvalue weighted by Crippen LogP contribution is 2.42. The molecule has 98 valence electrons. The minimum Gasteiger partial charge on any atom is -0.391 e. The molecule has 17 heavy (non-hydrogen) atoms. The molecule has 0 radical (unpaired) electrons. The van der Waals surface area contributed by atoms with Gasteiger partial charge in [-0.3, -0.25) is 0 Å². The summed E-state index contributed by atoms with van der Waals surface area (Å²) in [5.74, 6) is -0.331. The fraction of sp³-hybridized carbons (Fsp3) is 0.917. The van der Waals surface area contributed by atoms with E-state index in [0.717, 1.165) is 0 Å². The van der Waals surface area contributed by atoms with Gasteiger partial charge in [-0.05, 0) is 17.8 Å². The summed E-state index contributed by atoms with van der Waals surface area (Å²) in [6, 6.07) is 2.06. The van der Waals surface area contributed by atoms with Crippen LogP contribution in [-0.4, -0.2) is 31.1 Å². The highest BCUT2D eigenvalue weighted by Gasteiger charge is 2.51. The second-order valence-electron chi connectivity index (χ2n) is 6.21. The molecule has 0 aromatic heterocycles. The smallest absolute Gasteiger partial charge is 0.152 e. The van der Waals surface area contributed by atoms with Crippen molar-refractivity contribution in [3.8, 4) is 6.07 Å². The van der Waals surface area contributed by atoms with Gasteiger partial charge < -0.3 is 5.11 Å². The van der Waals surface area contributed by atoms with Gasteiger partial charge in [0.15, 0.2) is 9.84 Å². The SMILES string of the molecule is CC(C(O)C1(C#N)CCS(=O)(=O)C1)C(C)(C)C. The van der Waals surface area contributed by atoms with Gasteiger partial charge in [-0.25, -0.2) is 8.42 Å². The summed E-state index contributed by atoms with van der Waals surface area (Å²) in [5.41, 5.74) is -1.28. The molecule has 5 heteroatoms. The normalized spacial score (nSPS) is 31.8. The van der Waals surface area contributed by atoms with Crippen molar-refractivity contribution >= 4 is 9.84 Å². The van der Waals surface area contributed by atoms with Crippen LogP contribution < -0.4 is 0 Å². The molecule has 1 N–H and O–H groups in total. The second-order valence-corrected chi connectivity index (χ2v) is 8.39. The standard InChI is InChI=1S/C12H21NO3S/c1-9(11(2,3)4)10(14)12(7-13)5-6-17(15,16)8-12/h9-10,14H,5-6,8H2,1-4H3. The van der Waals surface area contributed by atoms with Crippen LogP contribution in [0.4, 0.5) is 0 Å². The largest absolute Gasteiger partial charge is 0.391 e. The summed E-state index contributed by atoms with van der Waals surface area (Å²) in [6.45, 7) is 7.81. The Labute approximate surface area is 104 Å². The summed E-state index contributed by atoms with van der Waals surface area (Å²) >= 11 is 0. The Kier molecular flexibility index (Phi) is 3.62. The number of rotatable bonds is 2. The molecule has 0 amide bonds. The number of hydrogen-bond acceptors (Lipinski definition) is 4. The predicted octanol–water partition coefficient (Wildman–Crippen LogP) is 1.36. The molecule has 1 fully saturated rings. The molecule has 0 aromatic carbocycles. The molecule has 0 saturated carbocycles. The van der Waals surface area contributed by atoms with Crippen molar-refractivity contribution in [1.82, 2.24) is 0 Å². The summed E-state index contributed by atoms with van der Waals surface area (Å²) < 4.78 is 23.0. The van der Waals surface area contributed by atoms with Gasteiger partial charge >= 0.3 is 0 Å². The third-order valence-electron chi connectivity index (χ3n) is 3.97. The first-order chi connectivity index (χ1) is 7.54. The number of sulfone groups is 1. The number of aliphatic hydroxyl groups excluding tert-OH is 1. The fourth-order valence-electron chi connectivity index (χ4n) is 2.21. The lowest BCUT2D eigenvalue weighted by Gasteiger charge is -2.37. The highest BCUT2D eigenvalue weighted by atomic mass is 32.2. The molecule has 0 aromatic rings. The van der Waals surface area contributed by atoms with Gasteiger partial charge in [-0.1, -0.05) is 27.7 Å². The van der Waals surface area contributed by atoms with Crippen LogP contribution in [0.25, 0.3) is 0 Å². The zero-order valence-electron chi connectivity index (χ0n) is 10.9. The van der Waals surface area contributed by atoms with Gasteiger partial charge in [0.25, 0.3) is 0 Å². The van der Waals surface area contributed by atoms with Crippen molar-refractivity contribution < 1.29 is 13.5 Å². The van der Waals surface area contributed by atoms with Crippen LogP contribution in [0.1, 0.15) is 34.1 Å². The van der Waals surface area contributed by atoms with Crippen LogP contribution in [0, 0.1) is 28.1 Å². The lowest BCUT2D eigenvalue weighted by Crippen LogP contribution is -2.43. The van der Waals surface area contributed by atoms with Crippen LogP contribution in [0.3, 0.4) is 0 Å². The van der Waals surface area contributed by atoms with E-state index in [0.29, 0.717) is 0 Å². The van der Waals surface area contributed by atoms with E-state index in [2.05, 4.69) is 6.07 Å². The first kappa shape index (κ1) is 14.5. The van der Waals surface area contributed by atoms with E-state index in [9.17, 15) is 18.8 Å². The number of hydrogen-bond donors (Lipinski definition) is 1. The Balaban J connectivity index is 3.02. The molecular formula is C12H21NO3S. The summed E-state index contributed by atoms with van der Waals surface area (Å²) in [7, 11) is -3.17. The van der Waals surface area contributed by atoms with Crippen molar-refractivity contribution in [2.45, 2.75) is 40.2 Å². The number of nitrogens with zero attached hydrogens (tertiary/aromatic N) is 1. The second kappa shape index (κ2) is 4.25. The van der Waals surface area contributed by atoms with Crippen molar-refractivity contribution in [2.75, 3.05) is 11.5 Å². The molecular weight excluding hydrogens is 238 g/mol. The van der Waals surface area contributed by atoms with Gasteiger partial charge in [0.2, 0.25) is 0 Å². The third-order valence-corrected chi connectivity index (χ3v) is 5.75. The maximum Gasteiger partial charge on any atom is 0.152 e. The lowest BCUT2D eigenvalue weighted by molar-refractivity contribution is -0.0106. The van der Waals surface area contributed by atoms with Crippen molar-refractivity contribution in [3.05, 3.63) is 0 Å². The van der Waals surface area contributed by atoms with Gasteiger partial charge in [0.05, 0.1) is 29.1 Å². The Morgan fingerprint density at radius 3 is 2.24 bits per heavy atom. The fourth-order valence-corrected chi connectivity index (χ4v) is 4.20. The molecule has 0 spiro atoms. The topological polar surface area (TPSA) is 78.2 Å². The lowest BCUT2D eigenvalue weighted by atomic mass is 9.69. The van der Waals surface area contributed by atoms with E-state index in [1.54, 1.807) is 0 Å². The van der Waals surface area contributed by atoms with Gasteiger partial charge in [-0.2, -0.15) is 5.26 Å². The molecule has 1 saturated heterocycles. The van der Waals surface area contributed by atoms with Gasteiger partial charge in [0.1, 0.15) is 0 Å². The molecule has 1 aliphatic heterocycles. The van der Waals surface area contributed by atoms with Crippen molar-refractivity contribution in [1.29, 1.82) is 5.26 Å². The molecule has 3 atom stereocenters. The van der Waals surface area contributed by atoms with Crippen molar-refractivity contribution in [2.24, 2.45) is 16.7 Å². The minimum atomic E-state index is -3.17. The Bertz CT molecular complexity index is 430. The maximum absolute atomic E-state index is 11.5. The van der Waals surface area contributed by atoms with Crippen molar-refractivity contribution in [3.63, 3.8) is 0 Å². The van der Waals surface area contributed by atoms with Crippen LogP contribution in [0.15, 0.2) is 0 Å². The zero-order valence-corrected chi connectivity index (χ0v) is 11.7. The van der Waals surface area contributed by atoms with Gasteiger partial charge in [0, 0.05) is 0 Å². The summed E-state index contributed by atoms with van der Waals surface area (Å²) in [6.07, 6.45) is -0.655. The Morgan fingerprint density at radius 2 is 1.94 bits per heavy atom. The van der Waals surface area contributed by atoms with E-state index in [1.165, 1.54) is 0 Å². The average molecular weight is 259 g/mol. The average Bonchev–Trinajstić information content (AvgIpc) is 2.52. The van der Waals surface area contributed by atoms with Gasteiger partial charge in [-0.15, -0.1) is 0 Å². The molecule has 0 aliphatic carbocycles. The molecule has 0 bridgehead atoms. The van der Waals surface area contributed by atoms with E-state index >= 15 is 0 Å². The number of aliphatic hydroxyl groups is 1. The summed E-state index contributed by atoms with van der Waals surface area (Å²) in [4.78, 5) is 0. The van der Waals surface area contributed by atoms with Crippen LogP contribution in [0.5, 0.6) is 0 Å². The first-order valence-corrected chi connectivity index (χ1v) is 7.66. The monoisotopic (exact) mass is 259 g/mol. The zero-order chi connectivity index (χ0) is 13.5. The molecule has 4 nitrogen and oxygen atoms in total. The molecule has 1 heterocycles. The first-order valence-electron chi connectivity index (χ1n) is 5.84. The third kappa shape index (κ3) is 2.80. The minimum absolute atomic E-state index is 0.00842. The highest BCUT2D eigenvalue weighted by molar-refractivity contribution is 7.91. The Morgan fingerprint density at radius 1 is 1.41 bits per heavy atom. The number of nitriles is 1. The van der Waals surface area contributed by atoms with E-state index in [-0.39, 0.29) is 29.3 Å². The van der Waals surface area contributed by atoms with E-state index < -0.39 is 21.4 Å². The van der Waals surface area contributed by atoms with Crippen LogP contribution >= 0.6 is 0 Å². The quantitative estimate of drug-likeness (QED) is 0.812. The van der Waals surface area contributed by atoms with E-state index in [4.69, 9.17) is 0 Å². The summed E-state index contributed by atoms with van der Waals surface area (Å²) in [5, 5.41) is 19.6. The molecule has 1 rings (SSSR count). The molecule has 1 aliphatic rings.